The Morgan fingerprint density at radius 2 is 2.11 bits per heavy atom. The van der Waals surface area contributed by atoms with Crippen LogP contribution in [0, 0.1) is 0 Å². The minimum absolute atomic E-state index is 0.0432. The second kappa shape index (κ2) is 6.61. The second-order valence-corrected chi connectivity index (χ2v) is 4.61. The molecule has 0 fully saturated rings. The molecule has 1 aliphatic rings. The van der Waals surface area contributed by atoms with Gasteiger partial charge in [0.25, 0.3) is 0 Å². The zero-order chi connectivity index (χ0) is 12.8. The smallest absolute Gasteiger partial charge is 0.314 e. The minimum atomic E-state index is -0.196. The standard InChI is InChI=1S/C13H17ClN2O2/c14-5-6-15-13(17)16-8-12-7-10-3-1-2-4-11(10)9-18-12/h1-4,12H,5-9H2,(H2,15,16,17). The van der Waals surface area contributed by atoms with E-state index in [2.05, 4.69) is 22.8 Å². The highest BCUT2D eigenvalue weighted by Crippen LogP contribution is 2.19. The Bertz CT molecular complexity index is 412. The van der Waals surface area contributed by atoms with E-state index < -0.39 is 0 Å². The summed E-state index contributed by atoms with van der Waals surface area (Å²) in [6.07, 6.45) is 0.882. The molecule has 1 unspecified atom stereocenters. The molecular weight excluding hydrogens is 252 g/mol. The number of alkyl halides is 1. The van der Waals surface area contributed by atoms with E-state index in [1.165, 1.54) is 11.1 Å². The predicted molar refractivity (Wildman–Crippen MR) is 70.8 cm³/mol. The number of rotatable bonds is 4. The lowest BCUT2D eigenvalue weighted by atomic mass is 9.99. The number of benzene rings is 1. The molecule has 0 saturated carbocycles. The Hall–Kier alpha value is -1.26. The van der Waals surface area contributed by atoms with Gasteiger partial charge in [-0.25, -0.2) is 4.79 Å². The third-order valence-corrected chi connectivity index (χ3v) is 3.10. The van der Waals surface area contributed by atoms with E-state index >= 15 is 0 Å². The maximum atomic E-state index is 11.4. The van der Waals surface area contributed by atoms with Crippen molar-refractivity contribution in [1.29, 1.82) is 0 Å². The fraction of sp³-hybridized carbons (Fsp3) is 0.462. The summed E-state index contributed by atoms with van der Waals surface area (Å²) in [6, 6.07) is 8.03. The quantitative estimate of drug-likeness (QED) is 0.816. The minimum Gasteiger partial charge on any atom is -0.371 e. The number of nitrogens with one attached hydrogen (secondary N) is 2. The fourth-order valence-electron chi connectivity index (χ4n) is 1.97. The monoisotopic (exact) mass is 268 g/mol. The van der Waals surface area contributed by atoms with Gasteiger partial charge in [-0.2, -0.15) is 0 Å². The molecule has 1 aliphatic heterocycles. The van der Waals surface area contributed by atoms with Gasteiger partial charge in [-0.3, -0.25) is 0 Å². The lowest BCUT2D eigenvalue weighted by Crippen LogP contribution is -2.42. The summed E-state index contributed by atoms with van der Waals surface area (Å²) in [4.78, 5) is 11.4. The number of ether oxygens (including phenoxy) is 1. The molecule has 0 saturated heterocycles. The molecule has 0 aromatic heterocycles. The van der Waals surface area contributed by atoms with Crippen LogP contribution >= 0.6 is 11.6 Å². The predicted octanol–water partition coefficient (Wildman–Crippen LogP) is 1.67. The van der Waals surface area contributed by atoms with Gasteiger partial charge in [0, 0.05) is 25.4 Å². The largest absolute Gasteiger partial charge is 0.371 e. The Morgan fingerprint density at radius 3 is 2.89 bits per heavy atom. The van der Waals surface area contributed by atoms with Crippen molar-refractivity contribution in [2.75, 3.05) is 19.0 Å². The number of carbonyl (C=O) groups excluding carboxylic acids is 1. The van der Waals surface area contributed by atoms with E-state index in [9.17, 15) is 4.79 Å². The van der Waals surface area contributed by atoms with Crippen LogP contribution in [0.1, 0.15) is 11.1 Å². The van der Waals surface area contributed by atoms with Gasteiger partial charge in [-0.05, 0) is 11.1 Å². The molecule has 1 atom stereocenters. The first-order valence-electron chi connectivity index (χ1n) is 6.05. The van der Waals surface area contributed by atoms with Gasteiger partial charge in [0.05, 0.1) is 12.7 Å². The molecule has 0 spiro atoms. The van der Waals surface area contributed by atoms with E-state index in [0.717, 1.165) is 6.42 Å². The van der Waals surface area contributed by atoms with E-state index in [4.69, 9.17) is 16.3 Å². The SMILES string of the molecule is O=C(NCCCl)NCC1Cc2ccccc2CO1. The van der Waals surface area contributed by atoms with Crippen LogP contribution in [-0.4, -0.2) is 31.1 Å². The van der Waals surface area contributed by atoms with Crippen molar-refractivity contribution in [3.63, 3.8) is 0 Å². The lowest BCUT2D eigenvalue weighted by molar-refractivity contribution is 0.0306. The number of carbonyl (C=O) groups is 1. The highest BCUT2D eigenvalue weighted by molar-refractivity contribution is 6.18. The third kappa shape index (κ3) is 3.62. The molecule has 5 heteroatoms. The van der Waals surface area contributed by atoms with Crippen LogP contribution in [0.15, 0.2) is 24.3 Å². The Kier molecular flexibility index (Phi) is 4.84. The van der Waals surface area contributed by atoms with Crippen LogP contribution in [0.3, 0.4) is 0 Å². The summed E-state index contributed by atoms with van der Waals surface area (Å²) in [5.74, 6) is 0.417. The van der Waals surface area contributed by atoms with Gasteiger partial charge < -0.3 is 15.4 Å². The number of amides is 2. The summed E-state index contributed by atoms with van der Waals surface area (Å²) < 4.78 is 5.69. The van der Waals surface area contributed by atoms with Gasteiger partial charge >= 0.3 is 6.03 Å². The van der Waals surface area contributed by atoms with Crippen LogP contribution in [-0.2, 0) is 17.8 Å². The van der Waals surface area contributed by atoms with Gasteiger partial charge in [-0.1, -0.05) is 24.3 Å². The van der Waals surface area contributed by atoms with Crippen molar-refractivity contribution < 1.29 is 9.53 Å². The molecule has 2 amide bonds. The van der Waals surface area contributed by atoms with Crippen molar-refractivity contribution in [2.24, 2.45) is 0 Å². The van der Waals surface area contributed by atoms with Crippen LogP contribution in [0.5, 0.6) is 0 Å². The molecular formula is C13H17ClN2O2. The highest BCUT2D eigenvalue weighted by Gasteiger charge is 2.18. The normalized spacial score (nSPS) is 17.9. The van der Waals surface area contributed by atoms with Crippen molar-refractivity contribution in [1.82, 2.24) is 10.6 Å². The van der Waals surface area contributed by atoms with Crippen molar-refractivity contribution in [2.45, 2.75) is 19.1 Å². The van der Waals surface area contributed by atoms with E-state index in [1.807, 2.05) is 12.1 Å². The molecule has 1 heterocycles. The molecule has 18 heavy (non-hydrogen) atoms. The first-order valence-corrected chi connectivity index (χ1v) is 6.59. The first-order chi connectivity index (χ1) is 8.79. The molecule has 2 N–H and O–H groups in total. The molecule has 1 aromatic rings. The molecule has 4 nitrogen and oxygen atoms in total. The maximum absolute atomic E-state index is 11.4. The van der Waals surface area contributed by atoms with E-state index in [-0.39, 0.29) is 12.1 Å². The molecule has 98 valence electrons. The lowest BCUT2D eigenvalue weighted by Gasteiger charge is -2.25. The van der Waals surface area contributed by atoms with Crippen molar-refractivity contribution in [3.05, 3.63) is 35.4 Å². The zero-order valence-electron chi connectivity index (χ0n) is 10.1. The van der Waals surface area contributed by atoms with Gasteiger partial charge in [-0.15, -0.1) is 11.6 Å². The van der Waals surface area contributed by atoms with Crippen LogP contribution in [0.25, 0.3) is 0 Å². The zero-order valence-corrected chi connectivity index (χ0v) is 10.9. The van der Waals surface area contributed by atoms with Crippen molar-refractivity contribution in [3.8, 4) is 0 Å². The maximum Gasteiger partial charge on any atom is 0.314 e. The highest BCUT2D eigenvalue weighted by atomic mass is 35.5. The second-order valence-electron chi connectivity index (χ2n) is 4.23. The third-order valence-electron chi connectivity index (χ3n) is 2.91. The first kappa shape index (κ1) is 13.2. The topological polar surface area (TPSA) is 50.4 Å². The molecule has 0 radical (unpaired) electrons. The number of urea groups is 1. The Labute approximate surface area is 112 Å². The van der Waals surface area contributed by atoms with Crippen LogP contribution in [0.2, 0.25) is 0 Å². The average Bonchev–Trinajstić information content (AvgIpc) is 2.42. The fourth-order valence-corrected chi connectivity index (χ4v) is 2.06. The number of fused-ring (bicyclic) bond motifs is 1. The van der Waals surface area contributed by atoms with Crippen LogP contribution in [0.4, 0.5) is 4.79 Å². The summed E-state index contributed by atoms with van der Waals surface area (Å²) in [5, 5.41) is 5.44. The van der Waals surface area contributed by atoms with E-state index in [1.54, 1.807) is 0 Å². The Morgan fingerprint density at radius 1 is 1.33 bits per heavy atom. The van der Waals surface area contributed by atoms with Gasteiger partial charge in [0.1, 0.15) is 0 Å². The Balaban J connectivity index is 1.78. The molecule has 1 aromatic carbocycles. The number of halogens is 1. The summed E-state index contributed by atoms with van der Waals surface area (Å²) in [6.45, 7) is 1.61. The van der Waals surface area contributed by atoms with Gasteiger partial charge in [0.2, 0.25) is 0 Å². The summed E-state index contributed by atoms with van der Waals surface area (Å²) in [7, 11) is 0. The van der Waals surface area contributed by atoms with Crippen molar-refractivity contribution >= 4 is 17.6 Å². The van der Waals surface area contributed by atoms with Crippen LogP contribution < -0.4 is 10.6 Å². The average molecular weight is 269 g/mol. The number of hydrogen-bond donors (Lipinski definition) is 2. The van der Waals surface area contributed by atoms with Gasteiger partial charge in [0.15, 0.2) is 0 Å². The van der Waals surface area contributed by atoms with E-state index in [0.29, 0.717) is 25.6 Å². The molecule has 2 rings (SSSR count). The summed E-state index contributed by atoms with van der Waals surface area (Å²) in [5.41, 5.74) is 2.54. The molecule has 0 bridgehead atoms. The number of hydrogen-bond acceptors (Lipinski definition) is 2. The summed E-state index contributed by atoms with van der Waals surface area (Å²) >= 11 is 5.48. The molecule has 0 aliphatic carbocycles.